The molecule has 6 heteroatoms. The zero-order chi connectivity index (χ0) is 12.5. The summed E-state index contributed by atoms with van der Waals surface area (Å²) in [6.07, 6.45) is 1.48. The number of nitrogens with zero attached hydrogens (tertiary/aromatic N) is 3. The molecule has 90 valence electrons. The van der Waals surface area contributed by atoms with E-state index in [1.165, 1.54) is 6.26 Å². The minimum absolute atomic E-state index is 0.330. The van der Waals surface area contributed by atoms with Crippen molar-refractivity contribution in [3.05, 3.63) is 41.4 Å². The summed E-state index contributed by atoms with van der Waals surface area (Å²) in [4.78, 5) is 4.12. The van der Waals surface area contributed by atoms with E-state index < -0.39 is 0 Å². The average Bonchev–Trinajstić information content (AvgIpc) is 2.98. The molecule has 5 nitrogen and oxygen atoms in total. The fraction of sp³-hybridized carbons (Fsp3) is 0.0833. The van der Waals surface area contributed by atoms with Gasteiger partial charge in [0.2, 0.25) is 5.89 Å². The Hall–Kier alpha value is -2.14. The van der Waals surface area contributed by atoms with E-state index in [1.54, 1.807) is 19.1 Å². The van der Waals surface area contributed by atoms with Crippen LogP contribution in [-0.4, -0.2) is 15.2 Å². The van der Waals surface area contributed by atoms with E-state index in [1.807, 2.05) is 12.1 Å². The summed E-state index contributed by atoms with van der Waals surface area (Å²) in [7, 11) is 0. The Morgan fingerprint density at radius 1 is 1.06 bits per heavy atom. The van der Waals surface area contributed by atoms with Crippen LogP contribution in [0.1, 0.15) is 5.89 Å². The molecule has 18 heavy (non-hydrogen) atoms. The van der Waals surface area contributed by atoms with E-state index in [0.717, 1.165) is 5.56 Å². The molecular weight excluding hydrogens is 254 g/mol. The molecule has 2 aromatic heterocycles. The summed E-state index contributed by atoms with van der Waals surface area (Å²) in [6.45, 7) is 1.75. The van der Waals surface area contributed by atoms with Gasteiger partial charge in [-0.2, -0.15) is 0 Å². The van der Waals surface area contributed by atoms with Crippen LogP contribution in [0.5, 0.6) is 0 Å². The molecule has 3 rings (SSSR count). The quantitative estimate of drug-likeness (QED) is 0.708. The van der Waals surface area contributed by atoms with E-state index in [0.29, 0.717) is 28.4 Å². The number of hydrogen-bond acceptors (Lipinski definition) is 5. The Morgan fingerprint density at radius 3 is 2.44 bits per heavy atom. The maximum absolute atomic E-state index is 5.81. The van der Waals surface area contributed by atoms with Gasteiger partial charge in [-0.1, -0.05) is 11.6 Å². The summed E-state index contributed by atoms with van der Waals surface area (Å²) in [5.41, 5.74) is 1.33. The van der Waals surface area contributed by atoms with Crippen LogP contribution in [0.25, 0.3) is 23.0 Å². The van der Waals surface area contributed by atoms with E-state index >= 15 is 0 Å². The molecule has 0 N–H and O–H groups in total. The van der Waals surface area contributed by atoms with Gasteiger partial charge >= 0.3 is 0 Å². The van der Waals surface area contributed by atoms with Gasteiger partial charge in [0.15, 0.2) is 11.6 Å². The van der Waals surface area contributed by atoms with Crippen LogP contribution in [-0.2, 0) is 0 Å². The smallest absolute Gasteiger partial charge is 0.269 e. The van der Waals surface area contributed by atoms with Gasteiger partial charge in [-0.05, 0) is 24.3 Å². The van der Waals surface area contributed by atoms with E-state index in [2.05, 4.69) is 15.2 Å². The van der Waals surface area contributed by atoms with Crippen LogP contribution in [0.15, 0.2) is 39.4 Å². The second-order valence-corrected chi connectivity index (χ2v) is 4.11. The number of benzene rings is 1. The monoisotopic (exact) mass is 261 g/mol. The minimum atomic E-state index is 0.330. The van der Waals surface area contributed by atoms with Crippen molar-refractivity contribution in [2.45, 2.75) is 6.92 Å². The van der Waals surface area contributed by atoms with Gasteiger partial charge in [0.1, 0.15) is 6.26 Å². The second kappa shape index (κ2) is 4.27. The number of halogens is 1. The largest absolute Gasteiger partial charge is 0.448 e. The highest BCUT2D eigenvalue weighted by Crippen LogP contribution is 2.24. The maximum Gasteiger partial charge on any atom is 0.269 e. The first-order chi connectivity index (χ1) is 8.72. The molecule has 0 amide bonds. The fourth-order valence-electron chi connectivity index (χ4n) is 1.50. The molecule has 0 unspecified atom stereocenters. The highest BCUT2D eigenvalue weighted by Gasteiger charge is 2.13. The van der Waals surface area contributed by atoms with Gasteiger partial charge in [-0.15, -0.1) is 10.2 Å². The number of hydrogen-bond donors (Lipinski definition) is 0. The third-order valence-electron chi connectivity index (χ3n) is 2.35. The standard InChI is InChI=1S/C12H8ClN3O2/c1-7-14-10(6-17-7)12-16-15-11(18-12)8-2-4-9(13)5-3-8/h2-6H,1H3. The van der Waals surface area contributed by atoms with Crippen molar-refractivity contribution in [3.8, 4) is 23.0 Å². The minimum Gasteiger partial charge on any atom is -0.448 e. The molecule has 0 aliphatic carbocycles. The molecule has 0 radical (unpaired) electrons. The normalized spacial score (nSPS) is 10.8. The number of oxazole rings is 1. The van der Waals surface area contributed by atoms with Crippen LogP contribution in [0.4, 0.5) is 0 Å². The average molecular weight is 262 g/mol. The first-order valence-corrected chi connectivity index (χ1v) is 5.62. The first-order valence-electron chi connectivity index (χ1n) is 5.24. The van der Waals surface area contributed by atoms with E-state index in [4.69, 9.17) is 20.4 Å². The fourth-order valence-corrected chi connectivity index (χ4v) is 1.62. The molecule has 0 aliphatic heterocycles. The number of rotatable bonds is 2. The topological polar surface area (TPSA) is 65.0 Å². The molecule has 0 saturated carbocycles. The van der Waals surface area contributed by atoms with Gasteiger partial charge in [-0.25, -0.2) is 4.98 Å². The van der Waals surface area contributed by atoms with Crippen molar-refractivity contribution in [1.82, 2.24) is 15.2 Å². The molecular formula is C12H8ClN3O2. The molecule has 1 aromatic carbocycles. The predicted octanol–water partition coefficient (Wildman–Crippen LogP) is 3.35. The van der Waals surface area contributed by atoms with Gasteiger partial charge in [-0.3, -0.25) is 0 Å². The lowest BCUT2D eigenvalue weighted by molar-refractivity contribution is 0.521. The van der Waals surface area contributed by atoms with Crippen molar-refractivity contribution in [2.75, 3.05) is 0 Å². The molecule has 2 heterocycles. The van der Waals surface area contributed by atoms with Gasteiger partial charge in [0.05, 0.1) is 0 Å². The Kier molecular flexibility index (Phi) is 2.60. The molecule has 0 fully saturated rings. The summed E-state index contributed by atoms with van der Waals surface area (Å²) in [5.74, 6) is 1.30. The van der Waals surface area contributed by atoms with Crippen molar-refractivity contribution >= 4 is 11.6 Å². The van der Waals surface area contributed by atoms with Crippen LogP contribution < -0.4 is 0 Å². The summed E-state index contributed by atoms with van der Waals surface area (Å²) < 4.78 is 10.6. The molecule has 3 aromatic rings. The van der Waals surface area contributed by atoms with Crippen molar-refractivity contribution in [3.63, 3.8) is 0 Å². The Morgan fingerprint density at radius 2 is 1.78 bits per heavy atom. The first kappa shape index (κ1) is 11.0. The van der Waals surface area contributed by atoms with Crippen LogP contribution in [0, 0.1) is 6.92 Å². The summed E-state index contributed by atoms with van der Waals surface area (Å²) in [6, 6.07) is 7.16. The van der Waals surface area contributed by atoms with E-state index in [9.17, 15) is 0 Å². The Labute approximate surface area is 107 Å². The lowest BCUT2D eigenvalue weighted by Crippen LogP contribution is -1.77. The maximum atomic E-state index is 5.81. The number of aromatic nitrogens is 3. The van der Waals surface area contributed by atoms with Crippen LogP contribution in [0.3, 0.4) is 0 Å². The van der Waals surface area contributed by atoms with Crippen molar-refractivity contribution in [1.29, 1.82) is 0 Å². The molecule has 0 saturated heterocycles. The zero-order valence-electron chi connectivity index (χ0n) is 9.42. The van der Waals surface area contributed by atoms with Gasteiger partial charge in [0, 0.05) is 17.5 Å². The molecule has 0 bridgehead atoms. The Balaban J connectivity index is 1.96. The zero-order valence-corrected chi connectivity index (χ0v) is 10.2. The predicted molar refractivity (Wildman–Crippen MR) is 65.0 cm³/mol. The summed E-state index contributed by atoms with van der Waals surface area (Å²) >= 11 is 5.81. The molecule has 0 atom stereocenters. The van der Waals surface area contributed by atoms with Crippen LogP contribution in [0.2, 0.25) is 5.02 Å². The lowest BCUT2D eigenvalue weighted by Gasteiger charge is -1.93. The highest BCUT2D eigenvalue weighted by atomic mass is 35.5. The van der Waals surface area contributed by atoms with Gasteiger partial charge < -0.3 is 8.83 Å². The summed E-state index contributed by atoms with van der Waals surface area (Å²) in [5, 5.41) is 8.54. The lowest BCUT2D eigenvalue weighted by atomic mass is 10.2. The number of aryl methyl sites for hydroxylation is 1. The second-order valence-electron chi connectivity index (χ2n) is 3.67. The SMILES string of the molecule is Cc1nc(-c2nnc(-c3ccc(Cl)cc3)o2)co1. The van der Waals surface area contributed by atoms with Crippen LogP contribution >= 0.6 is 11.6 Å². The Bertz CT molecular complexity index is 673. The molecule has 0 spiro atoms. The third kappa shape index (κ3) is 2.00. The third-order valence-corrected chi connectivity index (χ3v) is 2.61. The van der Waals surface area contributed by atoms with Crippen molar-refractivity contribution in [2.24, 2.45) is 0 Å². The van der Waals surface area contributed by atoms with Crippen molar-refractivity contribution < 1.29 is 8.83 Å². The highest BCUT2D eigenvalue weighted by molar-refractivity contribution is 6.30. The van der Waals surface area contributed by atoms with E-state index in [-0.39, 0.29) is 0 Å². The molecule has 0 aliphatic rings. The van der Waals surface area contributed by atoms with Gasteiger partial charge in [0.25, 0.3) is 5.89 Å².